The van der Waals surface area contributed by atoms with Crippen LogP contribution in [0.3, 0.4) is 0 Å². The van der Waals surface area contributed by atoms with Gasteiger partial charge in [-0.2, -0.15) is 0 Å². The Labute approximate surface area is 232 Å². The predicted molar refractivity (Wildman–Crippen MR) is 153 cm³/mol. The fourth-order valence-corrected chi connectivity index (χ4v) is 5.08. The van der Waals surface area contributed by atoms with Gasteiger partial charge in [0.15, 0.2) is 0 Å². The smallest absolute Gasteiger partial charge is 0.119 e. The summed E-state index contributed by atoms with van der Waals surface area (Å²) in [6, 6.07) is 14.1. The van der Waals surface area contributed by atoms with E-state index in [1.165, 1.54) is 44.9 Å². The topological polar surface area (TPSA) is 80.5 Å². The van der Waals surface area contributed by atoms with Gasteiger partial charge in [0.25, 0.3) is 0 Å². The van der Waals surface area contributed by atoms with Gasteiger partial charge in [0.1, 0.15) is 12.9 Å². The minimum Gasteiger partial charge on any atom is -0.494 e. The molecule has 0 amide bonds. The summed E-state index contributed by atoms with van der Waals surface area (Å²) in [5.41, 5.74) is 3.15. The van der Waals surface area contributed by atoms with E-state index in [-0.39, 0.29) is 18.8 Å². The summed E-state index contributed by atoms with van der Waals surface area (Å²) in [7, 11) is 1.58. The molecule has 0 aliphatic carbocycles. The molecule has 0 saturated carbocycles. The second kappa shape index (κ2) is 17.5. The van der Waals surface area contributed by atoms with Gasteiger partial charge in [-0.1, -0.05) is 79.5 Å². The Morgan fingerprint density at radius 2 is 1.68 bits per heavy atom. The lowest BCUT2D eigenvalue weighted by Crippen LogP contribution is -2.33. The van der Waals surface area contributed by atoms with Crippen LogP contribution in [0, 0.1) is 0 Å². The van der Waals surface area contributed by atoms with E-state index in [0.717, 1.165) is 41.9 Å². The van der Waals surface area contributed by atoms with Crippen molar-refractivity contribution in [3.05, 3.63) is 64.2 Å². The first-order chi connectivity index (χ1) is 18.6. The van der Waals surface area contributed by atoms with E-state index < -0.39 is 6.10 Å². The van der Waals surface area contributed by atoms with Crippen LogP contribution >= 0.6 is 11.6 Å². The third-order valence-electron chi connectivity index (χ3n) is 7.02. The third kappa shape index (κ3) is 10.9. The molecule has 2 aromatic carbocycles. The molecular formula is C31H44ClNO5. The zero-order valence-corrected chi connectivity index (χ0v) is 23.5. The number of nitrogens with zero attached hydrogens (tertiary/aromatic N) is 1. The van der Waals surface area contributed by atoms with Crippen molar-refractivity contribution in [1.29, 1.82) is 0 Å². The van der Waals surface area contributed by atoms with Crippen LogP contribution < -0.4 is 4.74 Å². The lowest BCUT2D eigenvalue weighted by atomic mass is 9.94. The number of aliphatic hydroxyl groups excluding tert-OH is 2. The molecule has 2 aromatic rings. The van der Waals surface area contributed by atoms with E-state index in [9.17, 15) is 10.2 Å². The molecule has 0 spiro atoms. The zero-order chi connectivity index (χ0) is 27.0. The number of ether oxygens (including phenoxy) is 2. The van der Waals surface area contributed by atoms with Crippen LogP contribution in [-0.2, 0) is 16.0 Å². The predicted octanol–water partition coefficient (Wildman–Crippen LogP) is 7.03. The Kier molecular flexibility index (Phi) is 14.0. The molecule has 3 rings (SSSR count). The largest absolute Gasteiger partial charge is 0.494 e. The van der Waals surface area contributed by atoms with Gasteiger partial charge >= 0.3 is 0 Å². The Hall–Kier alpha value is -2.12. The van der Waals surface area contributed by atoms with Crippen molar-refractivity contribution in [1.82, 2.24) is 0 Å². The molecule has 1 fully saturated rings. The molecule has 0 aromatic heterocycles. The Balaban J connectivity index is 1.34. The van der Waals surface area contributed by atoms with E-state index in [1.54, 1.807) is 7.11 Å². The van der Waals surface area contributed by atoms with Crippen LogP contribution in [0.4, 0.5) is 0 Å². The minimum absolute atomic E-state index is 0.0878. The average Bonchev–Trinajstić information content (AvgIpc) is 2.93. The number of oxime groups is 1. The summed E-state index contributed by atoms with van der Waals surface area (Å²) in [5.74, 6) is 0.894. The van der Waals surface area contributed by atoms with Crippen molar-refractivity contribution >= 4 is 17.8 Å². The molecule has 0 bridgehead atoms. The summed E-state index contributed by atoms with van der Waals surface area (Å²) in [6.07, 6.45) is 13.4. The third-order valence-corrected chi connectivity index (χ3v) is 7.39. The van der Waals surface area contributed by atoms with Gasteiger partial charge in [-0.15, -0.1) is 0 Å². The first-order valence-electron chi connectivity index (χ1n) is 14.1. The molecule has 1 heterocycles. The lowest BCUT2D eigenvalue weighted by molar-refractivity contribution is -0.113. The molecule has 7 heteroatoms. The van der Waals surface area contributed by atoms with Crippen molar-refractivity contribution in [3.8, 4) is 5.75 Å². The number of unbranched alkanes of at least 4 members (excludes halogenated alkanes) is 8. The van der Waals surface area contributed by atoms with Crippen molar-refractivity contribution < 1.29 is 24.5 Å². The molecule has 1 saturated heterocycles. The fraction of sp³-hybridized carbons (Fsp3) is 0.581. The minimum atomic E-state index is -0.472. The molecule has 2 N–H and O–H groups in total. The molecule has 1 aliphatic rings. The van der Waals surface area contributed by atoms with Gasteiger partial charge in [-0.05, 0) is 60.6 Å². The van der Waals surface area contributed by atoms with Crippen molar-refractivity contribution in [2.75, 3.05) is 20.3 Å². The monoisotopic (exact) mass is 545 g/mol. The molecule has 6 nitrogen and oxygen atoms in total. The highest BCUT2D eigenvalue weighted by atomic mass is 35.5. The van der Waals surface area contributed by atoms with Crippen molar-refractivity contribution in [2.24, 2.45) is 5.16 Å². The second-order valence-electron chi connectivity index (χ2n) is 10.2. The summed E-state index contributed by atoms with van der Waals surface area (Å²) in [4.78, 5) is 4.66. The molecule has 210 valence electrons. The summed E-state index contributed by atoms with van der Waals surface area (Å²) in [6.45, 7) is 0.656. The molecule has 0 radical (unpaired) electrons. The first-order valence-corrected chi connectivity index (χ1v) is 14.5. The van der Waals surface area contributed by atoms with Gasteiger partial charge in [-0.3, -0.25) is 0 Å². The van der Waals surface area contributed by atoms with Crippen molar-refractivity contribution in [3.63, 3.8) is 0 Å². The Morgan fingerprint density at radius 3 is 2.39 bits per heavy atom. The Bertz CT molecular complexity index is 952. The molecule has 3 unspecified atom stereocenters. The first kappa shape index (κ1) is 30.4. The highest BCUT2D eigenvalue weighted by Crippen LogP contribution is 2.34. The molecular weight excluding hydrogens is 502 g/mol. The van der Waals surface area contributed by atoms with E-state index in [0.29, 0.717) is 24.3 Å². The number of halogens is 1. The van der Waals surface area contributed by atoms with Gasteiger partial charge in [0, 0.05) is 24.1 Å². The van der Waals surface area contributed by atoms with Crippen LogP contribution in [0.1, 0.15) is 93.4 Å². The maximum atomic E-state index is 10.2. The normalized spacial score (nSPS) is 19.6. The van der Waals surface area contributed by atoms with Gasteiger partial charge in [-0.25, -0.2) is 0 Å². The van der Waals surface area contributed by atoms with Gasteiger partial charge in [0.05, 0.1) is 31.5 Å². The van der Waals surface area contributed by atoms with E-state index >= 15 is 0 Å². The summed E-state index contributed by atoms with van der Waals surface area (Å²) >= 11 is 6.51. The number of hydrogen-bond donors (Lipinski definition) is 2. The lowest BCUT2D eigenvalue weighted by Gasteiger charge is -2.32. The number of aliphatic hydroxyl groups is 2. The summed E-state index contributed by atoms with van der Waals surface area (Å²) < 4.78 is 11.9. The second-order valence-corrected chi connectivity index (χ2v) is 10.6. The van der Waals surface area contributed by atoms with Gasteiger partial charge < -0.3 is 24.5 Å². The zero-order valence-electron chi connectivity index (χ0n) is 22.7. The van der Waals surface area contributed by atoms with Crippen LogP contribution in [0.2, 0.25) is 5.02 Å². The number of hydrogen-bond acceptors (Lipinski definition) is 6. The number of rotatable bonds is 17. The highest BCUT2D eigenvalue weighted by Gasteiger charge is 2.29. The molecule has 1 aliphatic heterocycles. The molecule has 38 heavy (non-hydrogen) atoms. The van der Waals surface area contributed by atoms with Crippen LogP contribution in [0.25, 0.3) is 0 Å². The van der Waals surface area contributed by atoms with Crippen molar-refractivity contribution in [2.45, 2.75) is 95.4 Å². The maximum absolute atomic E-state index is 10.2. The number of benzene rings is 2. The van der Waals surface area contributed by atoms with E-state index in [4.69, 9.17) is 21.1 Å². The fourth-order valence-electron chi connectivity index (χ4n) is 4.89. The SMILES string of the molecule is CO/N=C/CCCCCCCCCCOc1ccc(Cc2cc(C3CC(O)CC(CO)O3)ccc2Cl)cc1. The standard InChI is InChI=1S/C31H44ClNO5/c1-36-33-17-9-7-5-3-2-4-6-8-10-18-37-28-14-11-24(12-15-28)19-26-20-25(13-16-30(26)32)31-22-27(35)21-29(23-34)38-31/h11-17,20,27,29,31,34-35H,2-10,18-19,21-23H2,1H3/b33-17+. The Morgan fingerprint density at radius 1 is 0.974 bits per heavy atom. The maximum Gasteiger partial charge on any atom is 0.119 e. The highest BCUT2D eigenvalue weighted by molar-refractivity contribution is 6.31. The average molecular weight is 546 g/mol. The van der Waals surface area contributed by atoms with Gasteiger partial charge in [0.2, 0.25) is 0 Å². The van der Waals surface area contributed by atoms with Crippen LogP contribution in [0.5, 0.6) is 5.75 Å². The molecule has 3 atom stereocenters. The quantitative estimate of drug-likeness (QED) is 0.127. The van der Waals surface area contributed by atoms with Crippen LogP contribution in [0.15, 0.2) is 47.6 Å². The van der Waals surface area contributed by atoms with E-state index in [1.807, 2.05) is 30.5 Å². The summed E-state index contributed by atoms with van der Waals surface area (Å²) in [5, 5.41) is 24.1. The van der Waals surface area contributed by atoms with E-state index in [2.05, 4.69) is 28.2 Å². The van der Waals surface area contributed by atoms with Crippen LogP contribution in [-0.4, -0.2) is 49.0 Å².